The lowest BCUT2D eigenvalue weighted by atomic mass is 10.0. The summed E-state index contributed by atoms with van der Waals surface area (Å²) in [5.74, 6) is -0.309. The van der Waals surface area contributed by atoms with Gasteiger partial charge in [0.1, 0.15) is 0 Å². The molecule has 0 heterocycles. The molecule has 4 heteroatoms. The second kappa shape index (κ2) is 6.41. The third-order valence-electron chi connectivity index (χ3n) is 3.26. The molecule has 0 fully saturated rings. The highest BCUT2D eigenvalue weighted by Crippen LogP contribution is 2.17. The summed E-state index contributed by atoms with van der Waals surface area (Å²) in [6.45, 7) is 0. The lowest BCUT2D eigenvalue weighted by Crippen LogP contribution is -2.10. The average Bonchev–Trinajstić information content (AvgIpc) is 2.59. The number of Topliss-reactive ketones (excluding diaryl/α,β-unsaturated/α-hetero) is 1. The normalized spacial score (nSPS) is 11.4. The number of hydrogen-bond donors (Lipinski definition) is 1. The predicted molar refractivity (Wildman–Crippen MR) is 91.6 cm³/mol. The SMILES string of the molecule is O=C(/C(Cl)=N/Nc1ccccc1)c1ccc2ccccc2c1. The van der Waals surface area contributed by atoms with E-state index in [9.17, 15) is 4.79 Å². The molecule has 0 aliphatic carbocycles. The predicted octanol–water partition coefficient (Wildman–Crippen LogP) is 4.69. The summed E-state index contributed by atoms with van der Waals surface area (Å²) in [5, 5.41) is 5.91. The number of hydrazone groups is 1. The Hall–Kier alpha value is -2.65. The van der Waals surface area contributed by atoms with Crippen molar-refractivity contribution in [1.29, 1.82) is 0 Å². The van der Waals surface area contributed by atoms with Crippen molar-refractivity contribution < 1.29 is 4.79 Å². The molecule has 0 aliphatic rings. The van der Waals surface area contributed by atoms with Gasteiger partial charge < -0.3 is 0 Å². The molecule has 3 nitrogen and oxygen atoms in total. The number of ketones is 1. The van der Waals surface area contributed by atoms with E-state index in [0.717, 1.165) is 16.5 Å². The molecule has 22 heavy (non-hydrogen) atoms. The topological polar surface area (TPSA) is 41.5 Å². The van der Waals surface area contributed by atoms with E-state index in [0.29, 0.717) is 5.56 Å². The quantitative estimate of drug-likeness (QED) is 0.431. The summed E-state index contributed by atoms with van der Waals surface area (Å²) in [5.41, 5.74) is 4.05. The highest BCUT2D eigenvalue weighted by atomic mass is 35.5. The Kier molecular flexibility index (Phi) is 4.17. The van der Waals surface area contributed by atoms with E-state index in [1.54, 1.807) is 6.07 Å². The molecular formula is C18H13ClN2O. The zero-order valence-corrected chi connectivity index (χ0v) is 12.4. The Morgan fingerprint density at radius 1 is 0.864 bits per heavy atom. The number of nitrogens with one attached hydrogen (secondary N) is 1. The Balaban J connectivity index is 1.82. The number of nitrogens with zero attached hydrogens (tertiary/aromatic N) is 1. The highest BCUT2D eigenvalue weighted by Gasteiger charge is 2.12. The van der Waals surface area contributed by atoms with Crippen molar-refractivity contribution in [3.63, 3.8) is 0 Å². The van der Waals surface area contributed by atoms with Gasteiger partial charge in [-0.1, -0.05) is 66.2 Å². The fourth-order valence-corrected chi connectivity index (χ4v) is 2.28. The summed E-state index contributed by atoms with van der Waals surface area (Å²) in [6, 6.07) is 22.6. The van der Waals surface area contributed by atoms with Crippen LogP contribution in [0.5, 0.6) is 0 Å². The van der Waals surface area contributed by atoms with Crippen molar-refractivity contribution in [1.82, 2.24) is 0 Å². The fourth-order valence-electron chi connectivity index (χ4n) is 2.13. The van der Waals surface area contributed by atoms with Crippen molar-refractivity contribution in [3.8, 4) is 0 Å². The van der Waals surface area contributed by atoms with E-state index in [1.165, 1.54) is 0 Å². The van der Waals surface area contributed by atoms with E-state index in [-0.39, 0.29) is 11.0 Å². The van der Waals surface area contributed by atoms with Crippen LogP contribution in [-0.4, -0.2) is 11.0 Å². The molecule has 0 radical (unpaired) electrons. The van der Waals surface area contributed by atoms with Gasteiger partial charge in [-0.25, -0.2) is 0 Å². The van der Waals surface area contributed by atoms with Gasteiger partial charge in [-0.3, -0.25) is 10.2 Å². The number of rotatable bonds is 4. The molecule has 0 aliphatic heterocycles. The Labute approximate surface area is 133 Å². The number of anilines is 1. The first-order chi connectivity index (χ1) is 10.7. The lowest BCUT2D eigenvalue weighted by Gasteiger charge is -2.03. The monoisotopic (exact) mass is 308 g/mol. The first-order valence-electron chi connectivity index (χ1n) is 6.82. The maximum absolute atomic E-state index is 12.3. The number of benzene rings is 3. The van der Waals surface area contributed by atoms with Gasteiger partial charge in [0.15, 0.2) is 5.17 Å². The summed E-state index contributed by atoms with van der Waals surface area (Å²) < 4.78 is 0. The lowest BCUT2D eigenvalue weighted by molar-refractivity contribution is 0.106. The second-order valence-corrected chi connectivity index (χ2v) is 5.13. The largest absolute Gasteiger partial charge is 0.286 e. The minimum Gasteiger partial charge on any atom is -0.286 e. The average molecular weight is 309 g/mol. The van der Waals surface area contributed by atoms with Crippen LogP contribution >= 0.6 is 11.6 Å². The smallest absolute Gasteiger partial charge is 0.224 e. The van der Waals surface area contributed by atoms with E-state index >= 15 is 0 Å². The molecule has 1 N–H and O–H groups in total. The van der Waals surface area contributed by atoms with Gasteiger partial charge in [0.25, 0.3) is 0 Å². The number of hydrogen-bond acceptors (Lipinski definition) is 3. The Bertz CT molecular complexity index is 844. The minimum absolute atomic E-state index is 0.0980. The van der Waals surface area contributed by atoms with Gasteiger partial charge in [0.05, 0.1) is 5.69 Å². The van der Waals surface area contributed by atoms with Gasteiger partial charge in [0, 0.05) is 5.56 Å². The standard InChI is InChI=1S/C18H13ClN2O/c19-18(21-20-16-8-2-1-3-9-16)17(22)15-11-10-13-6-4-5-7-14(13)12-15/h1-12,20H/b21-18-. The van der Waals surface area contributed by atoms with Crippen molar-refractivity contribution in [3.05, 3.63) is 78.4 Å². The van der Waals surface area contributed by atoms with Crippen LogP contribution in [0, 0.1) is 0 Å². The van der Waals surface area contributed by atoms with E-state index in [1.807, 2.05) is 66.7 Å². The molecule has 0 atom stereocenters. The van der Waals surface area contributed by atoms with E-state index < -0.39 is 0 Å². The highest BCUT2D eigenvalue weighted by molar-refractivity contribution is 6.85. The van der Waals surface area contributed by atoms with Crippen LogP contribution in [0.2, 0.25) is 0 Å². The Morgan fingerprint density at radius 2 is 1.55 bits per heavy atom. The van der Waals surface area contributed by atoms with Crippen molar-refractivity contribution >= 4 is 39.0 Å². The van der Waals surface area contributed by atoms with Crippen LogP contribution in [-0.2, 0) is 0 Å². The van der Waals surface area contributed by atoms with Gasteiger partial charge >= 0.3 is 0 Å². The van der Waals surface area contributed by atoms with Gasteiger partial charge in [-0.2, -0.15) is 5.10 Å². The van der Waals surface area contributed by atoms with Gasteiger partial charge in [0.2, 0.25) is 5.78 Å². The second-order valence-electron chi connectivity index (χ2n) is 4.77. The van der Waals surface area contributed by atoms with E-state index in [4.69, 9.17) is 11.6 Å². The van der Waals surface area contributed by atoms with Crippen LogP contribution in [0.1, 0.15) is 10.4 Å². The molecule has 0 unspecified atom stereocenters. The zero-order valence-electron chi connectivity index (χ0n) is 11.7. The van der Waals surface area contributed by atoms with Crippen LogP contribution in [0.15, 0.2) is 77.9 Å². The van der Waals surface area contributed by atoms with E-state index in [2.05, 4.69) is 10.5 Å². The molecule has 3 aromatic rings. The molecule has 0 bridgehead atoms. The number of carbonyl (C=O) groups is 1. The molecule has 0 saturated heterocycles. The molecule has 3 aromatic carbocycles. The van der Waals surface area contributed by atoms with Gasteiger partial charge in [-0.15, -0.1) is 0 Å². The maximum Gasteiger partial charge on any atom is 0.224 e. The molecule has 3 rings (SSSR count). The van der Waals surface area contributed by atoms with Crippen LogP contribution in [0.4, 0.5) is 5.69 Å². The molecule has 0 saturated carbocycles. The van der Waals surface area contributed by atoms with Gasteiger partial charge in [-0.05, 0) is 29.0 Å². The maximum atomic E-state index is 12.3. The summed E-state index contributed by atoms with van der Waals surface area (Å²) in [4.78, 5) is 12.3. The molecular weight excluding hydrogens is 296 g/mol. The molecule has 108 valence electrons. The molecule has 0 amide bonds. The third kappa shape index (κ3) is 3.15. The minimum atomic E-state index is -0.309. The van der Waals surface area contributed by atoms with Crippen LogP contribution < -0.4 is 5.43 Å². The first kappa shape index (κ1) is 14.3. The number of para-hydroxylation sites is 1. The van der Waals surface area contributed by atoms with Crippen LogP contribution in [0.3, 0.4) is 0 Å². The van der Waals surface area contributed by atoms with Crippen molar-refractivity contribution in [2.75, 3.05) is 5.43 Å². The first-order valence-corrected chi connectivity index (χ1v) is 7.19. The van der Waals surface area contributed by atoms with Crippen LogP contribution in [0.25, 0.3) is 10.8 Å². The number of carbonyl (C=O) groups excluding carboxylic acids is 1. The fraction of sp³-hybridized carbons (Fsp3) is 0. The Morgan fingerprint density at radius 3 is 2.32 bits per heavy atom. The number of fused-ring (bicyclic) bond motifs is 1. The molecule has 0 spiro atoms. The summed E-state index contributed by atoms with van der Waals surface area (Å²) in [6.07, 6.45) is 0. The van der Waals surface area contributed by atoms with Crippen molar-refractivity contribution in [2.24, 2.45) is 5.10 Å². The third-order valence-corrected chi connectivity index (χ3v) is 3.51. The number of halogens is 1. The summed E-state index contributed by atoms with van der Waals surface area (Å²) in [7, 11) is 0. The zero-order chi connectivity index (χ0) is 15.4. The summed E-state index contributed by atoms with van der Waals surface area (Å²) >= 11 is 6.00. The molecule has 0 aromatic heterocycles. The van der Waals surface area contributed by atoms with Crippen molar-refractivity contribution in [2.45, 2.75) is 0 Å².